The summed E-state index contributed by atoms with van der Waals surface area (Å²) in [5.41, 5.74) is 7.54. The number of aryl methyl sites for hydroxylation is 3. The summed E-state index contributed by atoms with van der Waals surface area (Å²) in [6, 6.07) is 22.3. The van der Waals surface area contributed by atoms with E-state index in [0.717, 1.165) is 36.2 Å². The Morgan fingerprint density at radius 1 is 0.944 bits per heavy atom. The molecule has 36 heavy (non-hydrogen) atoms. The van der Waals surface area contributed by atoms with E-state index in [2.05, 4.69) is 42.6 Å². The molecule has 1 fully saturated rings. The largest absolute Gasteiger partial charge is 0.322 e. The van der Waals surface area contributed by atoms with E-state index in [4.69, 9.17) is 0 Å². The van der Waals surface area contributed by atoms with Crippen LogP contribution in [-0.2, 0) is 24.1 Å². The number of benzene rings is 3. The first-order chi connectivity index (χ1) is 17.6. The quantitative estimate of drug-likeness (QED) is 0.314. The Balaban J connectivity index is 1.22. The minimum Gasteiger partial charge on any atom is -0.322 e. The second-order valence-corrected chi connectivity index (χ2v) is 10.9. The Kier molecular flexibility index (Phi) is 7.76. The molecule has 3 aromatic carbocycles. The number of rotatable bonds is 9. The minimum atomic E-state index is -0.106. The van der Waals surface area contributed by atoms with Crippen LogP contribution in [0.1, 0.15) is 77.0 Å². The van der Waals surface area contributed by atoms with Crippen molar-refractivity contribution in [2.75, 3.05) is 16.0 Å². The van der Waals surface area contributed by atoms with Crippen LogP contribution in [-0.4, -0.2) is 17.6 Å². The molecule has 1 N–H and O–H groups in total. The number of amides is 2. The van der Waals surface area contributed by atoms with E-state index in [-0.39, 0.29) is 17.2 Å². The number of nitrogens with zero attached hydrogens (tertiary/aromatic N) is 1. The molecule has 2 aliphatic rings. The molecule has 5 rings (SSSR count). The number of unbranched alkanes of at least 4 members (excludes halogenated alkanes) is 3. The van der Waals surface area contributed by atoms with E-state index in [1.54, 1.807) is 11.8 Å². The lowest BCUT2D eigenvalue weighted by Crippen LogP contribution is -2.27. The molecular formula is C31H34N2O2S. The molecular weight excluding hydrogens is 464 g/mol. The van der Waals surface area contributed by atoms with Crippen molar-refractivity contribution in [3.8, 4) is 0 Å². The summed E-state index contributed by atoms with van der Waals surface area (Å²) < 4.78 is 0. The lowest BCUT2D eigenvalue weighted by atomic mass is 10.0. The average Bonchev–Trinajstić information content (AvgIpc) is 3.53. The number of nitrogens with one attached hydrogen (secondary N) is 1. The molecule has 0 unspecified atom stereocenters. The van der Waals surface area contributed by atoms with Crippen LogP contribution < -0.4 is 10.2 Å². The van der Waals surface area contributed by atoms with E-state index in [1.165, 1.54) is 48.8 Å². The van der Waals surface area contributed by atoms with Gasteiger partial charge in [0.2, 0.25) is 5.91 Å². The van der Waals surface area contributed by atoms with Gasteiger partial charge in [-0.3, -0.25) is 14.5 Å². The van der Waals surface area contributed by atoms with E-state index < -0.39 is 0 Å². The first kappa shape index (κ1) is 24.6. The molecule has 0 spiro atoms. The normalized spacial score (nSPS) is 16.9. The zero-order valence-electron chi connectivity index (χ0n) is 21.0. The third kappa shape index (κ3) is 5.52. The van der Waals surface area contributed by atoms with Gasteiger partial charge in [-0.05, 0) is 90.8 Å². The van der Waals surface area contributed by atoms with Crippen LogP contribution in [0.25, 0.3) is 0 Å². The first-order valence-electron chi connectivity index (χ1n) is 13.2. The Hall–Kier alpha value is -3.05. The van der Waals surface area contributed by atoms with Gasteiger partial charge in [-0.15, -0.1) is 11.8 Å². The van der Waals surface area contributed by atoms with Gasteiger partial charge in [-0.25, -0.2) is 0 Å². The van der Waals surface area contributed by atoms with Crippen molar-refractivity contribution in [2.45, 2.75) is 63.7 Å². The van der Waals surface area contributed by atoms with Crippen LogP contribution in [0.4, 0.5) is 11.4 Å². The zero-order chi connectivity index (χ0) is 24.9. The predicted molar refractivity (Wildman–Crippen MR) is 150 cm³/mol. The van der Waals surface area contributed by atoms with Gasteiger partial charge in [0.15, 0.2) is 0 Å². The average molecular weight is 499 g/mol. The fourth-order valence-corrected chi connectivity index (χ4v) is 6.35. The molecule has 1 saturated heterocycles. The molecule has 0 radical (unpaired) electrons. The van der Waals surface area contributed by atoms with Gasteiger partial charge in [-0.2, -0.15) is 0 Å². The molecule has 3 aromatic rings. The Morgan fingerprint density at radius 3 is 2.50 bits per heavy atom. The number of fused-ring (bicyclic) bond motifs is 1. The van der Waals surface area contributed by atoms with Gasteiger partial charge in [-0.1, -0.05) is 56.5 Å². The summed E-state index contributed by atoms with van der Waals surface area (Å²) in [7, 11) is 0. The zero-order valence-corrected chi connectivity index (χ0v) is 21.8. The van der Waals surface area contributed by atoms with Crippen LogP contribution >= 0.6 is 11.8 Å². The lowest BCUT2D eigenvalue weighted by Gasteiger charge is -2.25. The second kappa shape index (κ2) is 11.3. The van der Waals surface area contributed by atoms with Crippen molar-refractivity contribution in [2.24, 2.45) is 0 Å². The lowest BCUT2D eigenvalue weighted by molar-refractivity contribution is -0.115. The van der Waals surface area contributed by atoms with E-state index in [1.807, 2.05) is 41.3 Å². The monoisotopic (exact) mass is 498 g/mol. The van der Waals surface area contributed by atoms with Gasteiger partial charge in [0, 0.05) is 16.9 Å². The number of carbonyl (C=O) groups excluding carboxylic acids is 2. The molecule has 5 heteroatoms. The summed E-state index contributed by atoms with van der Waals surface area (Å²) in [5, 5.41) is 2.96. The topological polar surface area (TPSA) is 49.4 Å². The number of carbonyl (C=O) groups is 2. The molecule has 2 amide bonds. The number of anilines is 2. The molecule has 0 saturated carbocycles. The third-order valence-corrected chi connectivity index (χ3v) is 8.43. The molecule has 1 aliphatic heterocycles. The van der Waals surface area contributed by atoms with Crippen LogP contribution in [0.3, 0.4) is 0 Å². The SMILES string of the molecule is CCCCCCc1ccc(C(=O)Nc2ccc([C@@H]3SCC(=O)N3c3ccc4c(c3)CCC4)cc2)cc1. The van der Waals surface area contributed by atoms with Crippen molar-refractivity contribution in [1.82, 2.24) is 0 Å². The Morgan fingerprint density at radius 2 is 1.72 bits per heavy atom. The standard InChI is InChI=1S/C31H34N2O2S/c1-2-3-4-5-7-22-10-12-24(13-11-22)30(35)32-27-17-14-25(15-18-27)31-33(29(34)21-36-31)28-19-16-23-8-6-9-26(23)20-28/h10-20,31H,2-9,21H2,1H3,(H,32,35)/t31-/m0/s1. The van der Waals surface area contributed by atoms with Crippen LogP contribution in [0, 0.1) is 0 Å². The fourth-order valence-electron chi connectivity index (χ4n) is 5.17. The van der Waals surface area contributed by atoms with Gasteiger partial charge >= 0.3 is 0 Å². The van der Waals surface area contributed by atoms with Crippen molar-refractivity contribution in [3.05, 3.63) is 94.5 Å². The number of thioether (sulfide) groups is 1. The third-order valence-electron chi connectivity index (χ3n) is 7.22. The van der Waals surface area contributed by atoms with Crippen molar-refractivity contribution < 1.29 is 9.59 Å². The molecule has 1 aliphatic carbocycles. The second-order valence-electron chi connectivity index (χ2n) is 9.82. The molecule has 1 heterocycles. The smallest absolute Gasteiger partial charge is 0.255 e. The Bertz CT molecular complexity index is 1220. The minimum absolute atomic E-state index is 0.0495. The molecule has 4 nitrogen and oxygen atoms in total. The van der Waals surface area contributed by atoms with Crippen molar-refractivity contribution in [1.29, 1.82) is 0 Å². The van der Waals surface area contributed by atoms with E-state index in [0.29, 0.717) is 11.3 Å². The van der Waals surface area contributed by atoms with Crippen LogP contribution in [0.15, 0.2) is 66.7 Å². The Labute approximate surface area is 218 Å². The van der Waals surface area contributed by atoms with E-state index >= 15 is 0 Å². The maximum atomic E-state index is 12.8. The highest BCUT2D eigenvalue weighted by atomic mass is 32.2. The molecule has 1 atom stereocenters. The van der Waals surface area contributed by atoms with Gasteiger partial charge in [0.1, 0.15) is 5.37 Å². The maximum Gasteiger partial charge on any atom is 0.255 e. The summed E-state index contributed by atoms with van der Waals surface area (Å²) in [6.45, 7) is 2.22. The summed E-state index contributed by atoms with van der Waals surface area (Å²) in [6.07, 6.45) is 9.46. The van der Waals surface area contributed by atoms with Gasteiger partial charge < -0.3 is 5.32 Å². The summed E-state index contributed by atoms with van der Waals surface area (Å²) in [4.78, 5) is 27.5. The van der Waals surface area contributed by atoms with Crippen LogP contribution in [0.5, 0.6) is 0 Å². The highest BCUT2D eigenvalue weighted by molar-refractivity contribution is 8.00. The first-order valence-corrected chi connectivity index (χ1v) is 14.2. The maximum absolute atomic E-state index is 12.8. The van der Waals surface area contributed by atoms with Crippen molar-refractivity contribution >= 4 is 35.0 Å². The fraction of sp³-hybridized carbons (Fsp3) is 0.355. The molecule has 0 bridgehead atoms. The van der Waals surface area contributed by atoms with Crippen LogP contribution in [0.2, 0.25) is 0 Å². The van der Waals surface area contributed by atoms with Gasteiger partial charge in [0.25, 0.3) is 5.91 Å². The summed E-state index contributed by atoms with van der Waals surface area (Å²) in [5.74, 6) is 0.522. The predicted octanol–water partition coefficient (Wildman–Crippen LogP) is 7.33. The summed E-state index contributed by atoms with van der Waals surface area (Å²) >= 11 is 1.65. The van der Waals surface area contributed by atoms with Crippen molar-refractivity contribution in [3.63, 3.8) is 0 Å². The molecule has 0 aromatic heterocycles. The van der Waals surface area contributed by atoms with Gasteiger partial charge in [0.05, 0.1) is 5.75 Å². The van der Waals surface area contributed by atoms with E-state index in [9.17, 15) is 9.59 Å². The highest BCUT2D eigenvalue weighted by Crippen LogP contribution is 2.43. The number of hydrogen-bond acceptors (Lipinski definition) is 3. The number of hydrogen-bond donors (Lipinski definition) is 1. The highest BCUT2D eigenvalue weighted by Gasteiger charge is 2.34. The molecule has 186 valence electrons.